The summed E-state index contributed by atoms with van der Waals surface area (Å²) >= 11 is 0. The standard InChI is InChI=1S/C23H27N5O3/c1-4-27-19-9-6-5-8-17(19)25-22(27)20-10-7-13-28(20)23(30)26-18-14-16(24-15(2)29)11-12-21(18)31-3/h5-6,8-9,11-12,14,20H,4,7,10,13H2,1-3H3,(H,24,29)(H,26,30). The molecule has 0 saturated carbocycles. The molecule has 2 aromatic carbocycles. The number of methoxy groups -OCH3 is 1. The first-order valence-electron chi connectivity index (χ1n) is 10.5. The van der Waals surface area contributed by atoms with Gasteiger partial charge in [0.2, 0.25) is 5.91 Å². The highest BCUT2D eigenvalue weighted by Gasteiger charge is 2.34. The lowest BCUT2D eigenvalue weighted by Crippen LogP contribution is -2.35. The molecule has 31 heavy (non-hydrogen) atoms. The number of nitrogens with zero attached hydrogens (tertiary/aromatic N) is 3. The number of amides is 3. The second-order valence-electron chi connectivity index (χ2n) is 7.58. The number of benzene rings is 2. The molecule has 4 rings (SSSR count). The van der Waals surface area contributed by atoms with E-state index in [0.29, 0.717) is 23.7 Å². The SMILES string of the molecule is CCn1c(C2CCCN2C(=O)Nc2cc(NC(C)=O)ccc2OC)nc2ccccc21. The van der Waals surface area contributed by atoms with Gasteiger partial charge in [-0.3, -0.25) is 4.79 Å². The van der Waals surface area contributed by atoms with E-state index in [4.69, 9.17) is 9.72 Å². The maximum atomic E-state index is 13.2. The van der Waals surface area contributed by atoms with Gasteiger partial charge in [-0.15, -0.1) is 0 Å². The Labute approximate surface area is 181 Å². The second kappa shape index (κ2) is 8.67. The van der Waals surface area contributed by atoms with Gasteiger partial charge in [-0.05, 0) is 50.1 Å². The number of likely N-dealkylation sites (tertiary alicyclic amines) is 1. The number of imidazole rings is 1. The van der Waals surface area contributed by atoms with Crippen LogP contribution in [0, 0.1) is 0 Å². The molecule has 0 spiro atoms. The van der Waals surface area contributed by atoms with E-state index in [1.54, 1.807) is 25.3 Å². The summed E-state index contributed by atoms with van der Waals surface area (Å²) in [6, 6.07) is 12.9. The summed E-state index contributed by atoms with van der Waals surface area (Å²) in [6.45, 7) is 4.97. The van der Waals surface area contributed by atoms with Crippen LogP contribution in [0.1, 0.15) is 38.6 Å². The molecule has 1 aromatic heterocycles. The van der Waals surface area contributed by atoms with Crippen LogP contribution in [0.2, 0.25) is 0 Å². The van der Waals surface area contributed by atoms with Crippen LogP contribution in [0.3, 0.4) is 0 Å². The molecule has 2 N–H and O–H groups in total. The van der Waals surface area contributed by atoms with Gasteiger partial charge in [-0.25, -0.2) is 9.78 Å². The summed E-state index contributed by atoms with van der Waals surface area (Å²) in [5, 5.41) is 5.69. The van der Waals surface area contributed by atoms with Crippen molar-refractivity contribution < 1.29 is 14.3 Å². The topological polar surface area (TPSA) is 88.5 Å². The fourth-order valence-corrected chi connectivity index (χ4v) is 4.23. The van der Waals surface area contributed by atoms with Crippen LogP contribution < -0.4 is 15.4 Å². The number of carbonyl (C=O) groups is 2. The molecule has 1 unspecified atom stereocenters. The van der Waals surface area contributed by atoms with Gasteiger partial charge in [0.1, 0.15) is 11.6 Å². The van der Waals surface area contributed by atoms with Crippen LogP contribution in [0.25, 0.3) is 11.0 Å². The lowest BCUT2D eigenvalue weighted by molar-refractivity contribution is -0.114. The third-order valence-electron chi connectivity index (χ3n) is 5.57. The van der Waals surface area contributed by atoms with Crippen molar-refractivity contribution in [3.63, 3.8) is 0 Å². The van der Waals surface area contributed by atoms with E-state index in [1.807, 2.05) is 23.1 Å². The monoisotopic (exact) mass is 421 g/mol. The molecule has 1 atom stereocenters. The van der Waals surface area contributed by atoms with Crippen molar-refractivity contribution in [2.75, 3.05) is 24.3 Å². The van der Waals surface area contributed by atoms with Gasteiger partial charge >= 0.3 is 6.03 Å². The summed E-state index contributed by atoms with van der Waals surface area (Å²) in [5.74, 6) is 1.26. The van der Waals surface area contributed by atoms with Gasteiger partial charge in [0.15, 0.2) is 0 Å². The zero-order chi connectivity index (χ0) is 22.0. The molecule has 1 fully saturated rings. The van der Waals surface area contributed by atoms with Crippen LogP contribution in [0.4, 0.5) is 16.2 Å². The molecule has 1 saturated heterocycles. The van der Waals surface area contributed by atoms with Crippen LogP contribution in [0.5, 0.6) is 5.75 Å². The number of anilines is 2. The number of aryl methyl sites for hydroxylation is 1. The highest BCUT2D eigenvalue weighted by Crippen LogP contribution is 2.35. The molecule has 3 aromatic rings. The van der Waals surface area contributed by atoms with Crippen LogP contribution in [-0.2, 0) is 11.3 Å². The predicted molar refractivity (Wildman–Crippen MR) is 120 cm³/mol. The minimum absolute atomic E-state index is 0.100. The van der Waals surface area contributed by atoms with Crippen LogP contribution in [-0.4, -0.2) is 40.0 Å². The van der Waals surface area contributed by atoms with E-state index in [2.05, 4.69) is 28.2 Å². The summed E-state index contributed by atoms with van der Waals surface area (Å²) in [4.78, 5) is 31.3. The Morgan fingerprint density at radius 3 is 2.74 bits per heavy atom. The number of ether oxygens (including phenoxy) is 1. The molecule has 0 bridgehead atoms. The van der Waals surface area contributed by atoms with Crippen molar-refractivity contribution in [2.24, 2.45) is 0 Å². The Hall–Kier alpha value is -3.55. The van der Waals surface area contributed by atoms with Gasteiger partial charge in [-0.2, -0.15) is 0 Å². The number of aromatic nitrogens is 2. The lowest BCUT2D eigenvalue weighted by atomic mass is 10.2. The fraction of sp³-hybridized carbons (Fsp3) is 0.348. The summed E-state index contributed by atoms with van der Waals surface area (Å²) in [5.41, 5.74) is 3.12. The molecule has 162 valence electrons. The molecule has 2 heterocycles. The molecule has 0 radical (unpaired) electrons. The normalized spacial score (nSPS) is 15.8. The highest BCUT2D eigenvalue weighted by molar-refractivity contribution is 5.94. The molecule has 0 aliphatic carbocycles. The van der Waals surface area contributed by atoms with E-state index in [9.17, 15) is 9.59 Å². The maximum Gasteiger partial charge on any atom is 0.322 e. The number of urea groups is 1. The van der Waals surface area contributed by atoms with Crippen LogP contribution in [0.15, 0.2) is 42.5 Å². The van der Waals surface area contributed by atoms with Crippen molar-refractivity contribution in [3.8, 4) is 5.75 Å². The van der Waals surface area contributed by atoms with Gasteiger partial charge in [0, 0.05) is 25.7 Å². The van der Waals surface area contributed by atoms with Gasteiger partial charge < -0.3 is 24.8 Å². The van der Waals surface area contributed by atoms with E-state index in [1.165, 1.54) is 6.92 Å². The van der Waals surface area contributed by atoms with Crippen molar-refractivity contribution in [2.45, 2.75) is 39.3 Å². The molecule has 8 heteroatoms. The average molecular weight is 422 g/mol. The van der Waals surface area contributed by atoms with E-state index in [-0.39, 0.29) is 18.0 Å². The number of fused-ring (bicyclic) bond motifs is 1. The first-order valence-corrected chi connectivity index (χ1v) is 10.5. The minimum atomic E-state index is -0.213. The van der Waals surface area contributed by atoms with E-state index >= 15 is 0 Å². The summed E-state index contributed by atoms with van der Waals surface area (Å²) in [6.07, 6.45) is 1.77. The fourth-order valence-electron chi connectivity index (χ4n) is 4.23. The van der Waals surface area contributed by atoms with Crippen molar-refractivity contribution in [1.29, 1.82) is 0 Å². The number of rotatable bonds is 5. The lowest BCUT2D eigenvalue weighted by Gasteiger charge is -2.25. The maximum absolute atomic E-state index is 13.2. The smallest absolute Gasteiger partial charge is 0.322 e. The third kappa shape index (κ3) is 4.05. The van der Waals surface area contributed by atoms with E-state index < -0.39 is 0 Å². The number of nitrogens with one attached hydrogen (secondary N) is 2. The molecular weight excluding hydrogens is 394 g/mol. The predicted octanol–water partition coefficient (Wildman–Crippen LogP) is 4.39. The molecule has 1 aliphatic heterocycles. The van der Waals surface area contributed by atoms with E-state index in [0.717, 1.165) is 36.2 Å². The second-order valence-corrected chi connectivity index (χ2v) is 7.58. The Morgan fingerprint density at radius 2 is 2.00 bits per heavy atom. The molecule has 1 aliphatic rings. The zero-order valence-electron chi connectivity index (χ0n) is 18.0. The first kappa shape index (κ1) is 20.7. The third-order valence-corrected chi connectivity index (χ3v) is 5.57. The quantitative estimate of drug-likeness (QED) is 0.639. The van der Waals surface area contributed by atoms with Crippen molar-refractivity contribution in [3.05, 3.63) is 48.3 Å². The van der Waals surface area contributed by atoms with Crippen molar-refractivity contribution >= 4 is 34.3 Å². The average Bonchev–Trinajstić information content (AvgIpc) is 3.37. The summed E-state index contributed by atoms with van der Waals surface area (Å²) < 4.78 is 7.58. The number of hydrogen-bond acceptors (Lipinski definition) is 4. The zero-order valence-corrected chi connectivity index (χ0v) is 18.0. The molecule has 8 nitrogen and oxygen atoms in total. The summed E-state index contributed by atoms with van der Waals surface area (Å²) in [7, 11) is 1.55. The van der Waals surface area contributed by atoms with Crippen molar-refractivity contribution in [1.82, 2.24) is 14.5 Å². The highest BCUT2D eigenvalue weighted by atomic mass is 16.5. The minimum Gasteiger partial charge on any atom is -0.495 e. The van der Waals surface area contributed by atoms with Gasteiger partial charge in [0.25, 0.3) is 0 Å². The Kier molecular flexibility index (Phi) is 5.79. The molecular formula is C23H27N5O3. The van der Waals surface area contributed by atoms with Gasteiger partial charge in [0.05, 0.1) is 29.9 Å². The Balaban J connectivity index is 1.62. The van der Waals surface area contributed by atoms with Gasteiger partial charge in [-0.1, -0.05) is 12.1 Å². The Bertz CT molecular complexity index is 1120. The largest absolute Gasteiger partial charge is 0.495 e. The first-order chi connectivity index (χ1) is 15.0. The Morgan fingerprint density at radius 1 is 1.19 bits per heavy atom. The number of hydrogen-bond donors (Lipinski definition) is 2. The van der Waals surface area contributed by atoms with Crippen LogP contribution >= 0.6 is 0 Å². The number of para-hydroxylation sites is 2. The number of carbonyl (C=O) groups excluding carboxylic acids is 2. The molecule has 3 amide bonds.